The predicted octanol–water partition coefficient (Wildman–Crippen LogP) is 2.73. The molecule has 0 saturated heterocycles. The average molecular weight is 312 g/mol. The molecule has 0 spiro atoms. The van der Waals surface area contributed by atoms with Crippen LogP contribution in [0, 0.1) is 5.92 Å². The number of nitrogens with one attached hydrogen (secondary N) is 1. The summed E-state index contributed by atoms with van der Waals surface area (Å²) in [6.07, 6.45) is 3.93. The van der Waals surface area contributed by atoms with E-state index in [4.69, 9.17) is 5.11 Å². The van der Waals surface area contributed by atoms with Gasteiger partial charge in [-0.15, -0.1) is 0 Å². The van der Waals surface area contributed by atoms with Gasteiger partial charge in [-0.1, -0.05) is 22.0 Å². The van der Waals surface area contributed by atoms with Crippen LogP contribution < -0.4 is 5.32 Å². The minimum Gasteiger partial charge on any atom is -0.396 e. The van der Waals surface area contributed by atoms with E-state index in [9.17, 15) is 4.79 Å². The largest absolute Gasteiger partial charge is 0.396 e. The standard InChI is InChI=1S/C14H18BrNO2/c15-12-3-1-2-11(8-12)14(18)16-13-6-4-10(9-17)5-7-13/h1-3,8,10,13,17H,4-7,9H2,(H,16,18). The Bertz CT molecular complexity index is 414. The van der Waals surface area contributed by atoms with Gasteiger partial charge in [0.2, 0.25) is 0 Å². The second-order valence-corrected chi connectivity index (χ2v) is 5.80. The lowest BCUT2D eigenvalue weighted by Gasteiger charge is -2.27. The first-order valence-electron chi connectivity index (χ1n) is 6.36. The van der Waals surface area contributed by atoms with Crippen LogP contribution in [-0.2, 0) is 0 Å². The third-order valence-electron chi connectivity index (χ3n) is 3.53. The summed E-state index contributed by atoms with van der Waals surface area (Å²) in [4.78, 5) is 12.0. The molecule has 18 heavy (non-hydrogen) atoms. The Labute approximate surface area is 116 Å². The van der Waals surface area contributed by atoms with Crippen LogP contribution in [0.3, 0.4) is 0 Å². The van der Waals surface area contributed by atoms with Gasteiger partial charge in [-0.2, -0.15) is 0 Å². The van der Waals surface area contributed by atoms with Crippen LogP contribution in [0.5, 0.6) is 0 Å². The number of benzene rings is 1. The third-order valence-corrected chi connectivity index (χ3v) is 4.02. The van der Waals surface area contributed by atoms with E-state index in [1.807, 2.05) is 24.3 Å². The number of amides is 1. The molecule has 0 radical (unpaired) electrons. The van der Waals surface area contributed by atoms with Crippen LogP contribution in [0.2, 0.25) is 0 Å². The molecule has 0 unspecified atom stereocenters. The Kier molecular flexibility index (Phi) is 4.78. The summed E-state index contributed by atoms with van der Waals surface area (Å²) >= 11 is 3.37. The highest BCUT2D eigenvalue weighted by Gasteiger charge is 2.22. The number of carbonyl (C=O) groups excluding carboxylic acids is 1. The van der Waals surface area contributed by atoms with E-state index in [1.54, 1.807) is 0 Å². The number of carbonyl (C=O) groups is 1. The number of rotatable bonds is 3. The highest BCUT2D eigenvalue weighted by Crippen LogP contribution is 2.24. The lowest BCUT2D eigenvalue weighted by atomic mass is 9.86. The van der Waals surface area contributed by atoms with E-state index in [-0.39, 0.29) is 18.6 Å². The molecule has 98 valence electrons. The predicted molar refractivity (Wildman–Crippen MR) is 74.4 cm³/mol. The quantitative estimate of drug-likeness (QED) is 0.901. The zero-order chi connectivity index (χ0) is 13.0. The molecule has 2 rings (SSSR count). The first-order chi connectivity index (χ1) is 8.69. The van der Waals surface area contributed by atoms with Crippen molar-refractivity contribution in [1.82, 2.24) is 5.32 Å². The van der Waals surface area contributed by atoms with E-state index >= 15 is 0 Å². The molecule has 2 N–H and O–H groups in total. The van der Waals surface area contributed by atoms with Gasteiger partial charge < -0.3 is 10.4 Å². The van der Waals surface area contributed by atoms with Crippen LogP contribution in [0.4, 0.5) is 0 Å². The topological polar surface area (TPSA) is 49.3 Å². The van der Waals surface area contributed by atoms with Gasteiger partial charge in [-0.25, -0.2) is 0 Å². The molecule has 0 bridgehead atoms. The van der Waals surface area contributed by atoms with Crippen molar-refractivity contribution < 1.29 is 9.90 Å². The molecule has 1 aromatic rings. The van der Waals surface area contributed by atoms with Crippen molar-refractivity contribution in [3.05, 3.63) is 34.3 Å². The smallest absolute Gasteiger partial charge is 0.251 e. The fourth-order valence-electron chi connectivity index (χ4n) is 2.39. The van der Waals surface area contributed by atoms with Gasteiger partial charge in [0.05, 0.1) is 0 Å². The average Bonchev–Trinajstić information content (AvgIpc) is 2.39. The first kappa shape index (κ1) is 13.6. The molecule has 0 atom stereocenters. The molecular weight excluding hydrogens is 294 g/mol. The van der Waals surface area contributed by atoms with Crippen LogP contribution in [-0.4, -0.2) is 23.7 Å². The molecule has 1 aliphatic carbocycles. The molecule has 0 heterocycles. The molecular formula is C14H18BrNO2. The van der Waals surface area contributed by atoms with Gasteiger partial charge in [0.25, 0.3) is 5.91 Å². The normalized spacial score (nSPS) is 23.7. The summed E-state index contributed by atoms with van der Waals surface area (Å²) in [6, 6.07) is 7.67. The number of aliphatic hydroxyl groups is 1. The summed E-state index contributed by atoms with van der Waals surface area (Å²) in [6.45, 7) is 0.270. The number of halogens is 1. The molecule has 1 fully saturated rings. The van der Waals surface area contributed by atoms with Gasteiger partial charge in [0.15, 0.2) is 0 Å². The molecule has 1 aromatic carbocycles. The minimum atomic E-state index is -0.0104. The fourth-order valence-corrected chi connectivity index (χ4v) is 2.79. The maximum absolute atomic E-state index is 12.0. The maximum Gasteiger partial charge on any atom is 0.251 e. The van der Waals surface area contributed by atoms with Crippen LogP contribution in [0.15, 0.2) is 28.7 Å². The van der Waals surface area contributed by atoms with Crippen LogP contribution >= 0.6 is 15.9 Å². The summed E-state index contributed by atoms with van der Waals surface area (Å²) in [5.41, 5.74) is 0.689. The maximum atomic E-state index is 12.0. The zero-order valence-corrected chi connectivity index (χ0v) is 11.8. The second kappa shape index (κ2) is 6.34. The Morgan fingerprint density at radius 2 is 2.06 bits per heavy atom. The summed E-state index contributed by atoms with van der Waals surface area (Å²) in [7, 11) is 0. The van der Waals surface area contributed by atoms with Crippen molar-refractivity contribution in [3.8, 4) is 0 Å². The molecule has 1 saturated carbocycles. The monoisotopic (exact) mass is 311 g/mol. The van der Waals surface area contributed by atoms with Crippen molar-refractivity contribution in [1.29, 1.82) is 0 Å². The number of hydrogen-bond acceptors (Lipinski definition) is 2. The molecule has 0 aliphatic heterocycles. The second-order valence-electron chi connectivity index (χ2n) is 4.88. The molecule has 3 nitrogen and oxygen atoms in total. The van der Waals surface area contributed by atoms with Crippen LogP contribution in [0.1, 0.15) is 36.0 Å². The minimum absolute atomic E-state index is 0.0104. The van der Waals surface area contributed by atoms with Crippen molar-refractivity contribution in [2.24, 2.45) is 5.92 Å². The van der Waals surface area contributed by atoms with Gasteiger partial charge in [0, 0.05) is 22.7 Å². The SMILES string of the molecule is O=C(NC1CCC(CO)CC1)c1cccc(Br)c1. The van der Waals surface area contributed by atoms with Crippen LogP contribution in [0.25, 0.3) is 0 Å². The Hall–Kier alpha value is -0.870. The lowest BCUT2D eigenvalue weighted by Crippen LogP contribution is -2.38. The summed E-state index contributed by atoms with van der Waals surface area (Å²) < 4.78 is 0.916. The highest BCUT2D eigenvalue weighted by molar-refractivity contribution is 9.10. The van der Waals surface area contributed by atoms with Crippen molar-refractivity contribution in [3.63, 3.8) is 0 Å². The molecule has 4 heteroatoms. The number of hydrogen-bond donors (Lipinski definition) is 2. The Morgan fingerprint density at radius 1 is 1.33 bits per heavy atom. The highest BCUT2D eigenvalue weighted by atomic mass is 79.9. The summed E-state index contributed by atoms with van der Waals surface area (Å²) in [5, 5.41) is 12.1. The molecule has 1 amide bonds. The van der Waals surface area contributed by atoms with E-state index in [0.29, 0.717) is 11.5 Å². The fraction of sp³-hybridized carbons (Fsp3) is 0.500. The first-order valence-corrected chi connectivity index (χ1v) is 7.15. The van der Waals surface area contributed by atoms with Gasteiger partial charge in [0.1, 0.15) is 0 Å². The van der Waals surface area contributed by atoms with E-state index < -0.39 is 0 Å². The van der Waals surface area contributed by atoms with Crippen molar-refractivity contribution >= 4 is 21.8 Å². The molecule has 1 aliphatic rings. The van der Waals surface area contributed by atoms with E-state index in [0.717, 1.165) is 30.2 Å². The lowest BCUT2D eigenvalue weighted by molar-refractivity contribution is 0.0914. The zero-order valence-electron chi connectivity index (χ0n) is 10.2. The molecule has 0 aromatic heterocycles. The Morgan fingerprint density at radius 3 is 2.67 bits per heavy atom. The Balaban J connectivity index is 1.89. The van der Waals surface area contributed by atoms with Crippen molar-refractivity contribution in [2.75, 3.05) is 6.61 Å². The van der Waals surface area contributed by atoms with Gasteiger partial charge >= 0.3 is 0 Å². The number of aliphatic hydroxyl groups excluding tert-OH is 1. The van der Waals surface area contributed by atoms with E-state index in [2.05, 4.69) is 21.2 Å². The third kappa shape index (κ3) is 3.56. The van der Waals surface area contributed by atoms with Crippen molar-refractivity contribution in [2.45, 2.75) is 31.7 Å². The van der Waals surface area contributed by atoms with Gasteiger partial charge in [-0.05, 0) is 49.8 Å². The van der Waals surface area contributed by atoms with Gasteiger partial charge in [-0.3, -0.25) is 4.79 Å². The summed E-state index contributed by atoms with van der Waals surface area (Å²) in [5.74, 6) is 0.410. The van der Waals surface area contributed by atoms with E-state index in [1.165, 1.54) is 0 Å².